The molecule has 0 amide bonds. The number of rotatable bonds is 1. The van der Waals surface area contributed by atoms with E-state index in [1.807, 2.05) is 0 Å². The molecule has 0 aromatic carbocycles. The van der Waals surface area contributed by atoms with Crippen LogP contribution in [0.1, 0.15) is 4.11 Å². The van der Waals surface area contributed by atoms with E-state index >= 15 is 0 Å². The van der Waals surface area contributed by atoms with Gasteiger partial charge in [0.25, 0.3) is 0 Å². The summed E-state index contributed by atoms with van der Waals surface area (Å²) < 4.78 is 22.2. The van der Waals surface area contributed by atoms with Crippen LogP contribution in [-0.4, -0.2) is 21.8 Å². The van der Waals surface area contributed by atoms with Crippen molar-refractivity contribution in [3.63, 3.8) is 0 Å². The zero-order chi connectivity index (χ0) is 11.1. The molecule has 0 spiro atoms. The third-order valence-corrected chi connectivity index (χ3v) is 1.91. The van der Waals surface area contributed by atoms with Gasteiger partial charge in [-0.05, 0) is 0 Å². The molecule has 0 radical (unpaired) electrons. The number of carboxylic acids is 1. The van der Waals surface area contributed by atoms with Crippen molar-refractivity contribution in [2.75, 3.05) is 0 Å². The predicted octanol–water partition coefficient (Wildman–Crippen LogP) is 1.78. The first-order valence-corrected chi connectivity index (χ1v) is 3.47. The summed E-state index contributed by atoms with van der Waals surface area (Å²) in [6.07, 6.45) is 2.07. The Morgan fingerprint density at radius 2 is 2.45 bits per heavy atom. The van der Waals surface area contributed by atoms with E-state index in [-0.39, 0.29) is 0 Å². The van der Waals surface area contributed by atoms with E-state index < -0.39 is 28.3 Å². The van der Waals surface area contributed by atoms with Crippen molar-refractivity contribution in [2.45, 2.75) is 10.7 Å². The second-order valence-electron chi connectivity index (χ2n) is 1.82. The Hall–Kier alpha value is -0.470. The topological polar surface area (TPSA) is 37.3 Å². The van der Waals surface area contributed by atoms with Crippen molar-refractivity contribution >= 4 is 29.2 Å². The van der Waals surface area contributed by atoms with E-state index in [9.17, 15) is 4.79 Å². The number of allylic oxidation sites excluding steroid dienone is 3. The summed E-state index contributed by atoms with van der Waals surface area (Å²) in [5.74, 6) is -1.42. The Labute approximate surface area is 78.3 Å². The minimum atomic E-state index is -2.35. The highest BCUT2D eigenvalue weighted by molar-refractivity contribution is 6.34. The molecule has 1 aliphatic carbocycles. The fourth-order valence-corrected chi connectivity index (χ4v) is 0.981. The molecule has 11 heavy (non-hydrogen) atoms. The molecule has 0 bridgehead atoms. The maximum atomic E-state index is 10.7. The molecular weight excluding hydrogens is 187 g/mol. The van der Waals surface area contributed by atoms with Gasteiger partial charge >= 0.3 is 5.97 Å². The quantitative estimate of drug-likeness (QED) is 0.649. The van der Waals surface area contributed by atoms with Crippen LogP contribution in [-0.2, 0) is 4.79 Å². The van der Waals surface area contributed by atoms with E-state index in [1.165, 1.54) is 0 Å². The van der Waals surface area contributed by atoms with Crippen LogP contribution in [0, 0.1) is 0 Å². The van der Waals surface area contributed by atoms with Crippen LogP contribution >= 0.6 is 23.2 Å². The highest BCUT2D eigenvalue weighted by Crippen LogP contribution is 2.23. The van der Waals surface area contributed by atoms with Gasteiger partial charge in [-0.3, -0.25) is 0 Å². The van der Waals surface area contributed by atoms with Crippen molar-refractivity contribution in [1.82, 2.24) is 0 Å². The fraction of sp³-hybridized carbons (Fsp3) is 0.286. The van der Waals surface area contributed by atoms with Crippen molar-refractivity contribution in [3.05, 3.63) is 23.8 Å². The monoisotopic (exact) mass is 195 g/mol. The van der Waals surface area contributed by atoms with Crippen LogP contribution in [0.3, 0.4) is 0 Å². The van der Waals surface area contributed by atoms with Crippen molar-refractivity contribution in [2.24, 2.45) is 0 Å². The summed E-state index contributed by atoms with van der Waals surface area (Å²) in [4.78, 5) is 10.7. The lowest BCUT2D eigenvalue weighted by Gasteiger charge is -2.15. The van der Waals surface area contributed by atoms with Crippen LogP contribution < -0.4 is 0 Å². The molecule has 1 N–H and O–H groups in total. The Morgan fingerprint density at radius 1 is 1.82 bits per heavy atom. The summed E-state index contributed by atoms with van der Waals surface area (Å²) >= 11 is 11.1. The van der Waals surface area contributed by atoms with E-state index in [1.54, 1.807) is 0 Å². The highest BCUT2D eigenvalue weighted by Gasteiger charge is 2.25. The first-order chi connectivity index (χ1) is 6.21. The van der Waals surface area contributed by atoms with Gasteiger partial charge in [0.15, 0.2) is 0 Å². The first kappa shape index (κ1) is 5.22. The van der Waals surface area contributed by atoms with Gasteiger partial charge in [0.2, 0.25) is 0 Å². The van der Waals surface area contributed by atoms with Gasteiger partial charge in [0.1, 0.15) is 0 Å². The van der Waals surface area contributed by atoms with Gasteiger partial charge < -0.3 is 5.11 Å². The number of halogens is 2. The lowest BCUT2D eigenvalue weighted by molar-refractivity contribution is -0.132. The maximum absolute atomic E-state index is 10.7. The molecule has 0 saturated carbocycles. The molecule has 1 rings (SSSR count). The molecule has 0 aromatic rings. The summed E-state index contributed by atoms with van der Waals surface area (Å²) in [6, 6.07) is -0.408. The zero-order valence-corrected chi connectivity index (χ0v) is 6.78. The van der Waals surface area contributed by atoms with Crippen LogP contribution in [0.15, 0.2) is 23.8 Å². The van der Waals surface area contributed by atoms with E-state index in [0.717, 1.165) is 12.2 Å². The Morgan fingerprint density at radius 3 is 3.00 bits per heavy atom. The highest BCUT2D eigenvalue weighted by atomic mass is 35.5. The van der Waals surface area contributed by atoms with Crippen molar-refractivity contribution < 1.29 is 14.0 Å². The number of hydrogen-bond donors (Lipinski definition) is 1. The van der Waals surface area contributed by atoms with Crippen LogP contribution in [0.5, 0.6) is 0 Å². The number of aliphatic carboxylic acids is 1. The third kappa shape index (κ3) is 1.76. The number of carboxylic acid groups (broad SMARTS) is 1. The minimum Gasteiger partial charge on any atom is -0.478 e. The predicted molar refractivity (Wildman–Crippen MR) is 44.1 cm³/mol. The Kier molecular flexibility index (Phi) is 1.56. The smallest absolute Gasteiger partial charge is 0.333 e. The lowest BCUT2D eigenvalue weighted by atomic mass is 10.0. The molecule has 2 unspecified atom stereocenters. The van der Waals surface area contributed by atoms with Crippen molar-refractivity contribution in [1.29, 1.82) is 0 Å². The fourth-order valence-electron chi connectivity index (χ4n) is 0.618. The molecule has 2 nitrogen and oxygen atoms in total. The molecule has 0 saturated heterocycles. The van der Waals surface area contributed by atoms with Gasteiger partial charge in [-0.25, -0.2) is 4.79 Å². The number of hydrogen-bond acceptors (Lipinski definition) is 1. The molecule has 0 aromatic heterocycles. The molecule has 0 aliphatic heterocycles. The van der Waals surface area contributed by atoms with Gasteiger partial charge in [-0.15, -0.1) is 23.2 Å². The molecule has 2 atom stereocenters. The average molecular weight is 196 g/mol. The Balaban J connectivity index is 3.31. The molecule has 0 heterocycles. The number of carbonyl (C=O) groups is 1. The normalized spacial score (nSPS) is 48.0. The maximum Gasteiger partial charge on any atom is 0.333 e. The molecule has 4 heteroatoms. The Bertz CT molecular complexity index is 347. The van der Waals surface area contributed by atoms with Gasteiger partial charge in [-0.2, -0.15) is 0 Å². The first-order valence-electron chi connectivity index (χ1n) is 4.22. The van der Waals surface area contributed by atoms with Crippen molar-refractivity contribution in [3.8, 4) is 0 Å². The molecule has 0 fully saturated rings. The summed E-state index contributed by atoms with van der Waals surface area (Å²) in [5, 5.41) is 4.05. The summed E-state index contributed by atoms with van der Waals surface area (Å²) in [7, 11) is 0. The standard InChI is InChI=1S/C7H6Cl2O2/c8-5-3-1-2-4(6(5)9)7(10)11/h1-3,5-6H,(H,10,11)/i3D,5D,6D. The van der Waals surface area contributed by atoms with Gasteiger partial charge in [0, 0.05) is 0 Å². The van der Waals surface area contributed by atoms with E-state index in [4.69, 9.17) is 32.4 Å². The number of alkyl halides is 2. The molecular formula is C7H6Cl2O2. The van der Waals surface area contributed by atoms with Crippen LogP contribution in [0.2, 0.25) is 0 Å². The van der Waals surface area contributed by atoms with Crippen LogP contribution in [0.25, 0.3) is 0 Å². The SMILES string of the molecule is [2H]C1=CC=C(C(=O)O)C([2H])(Cl)C1([2H])Cl. The third-order valence-electron chi connectivity index (χ3n) is 1.12. The molecule has 1 aliphatic rings. The van der Waals surface area contributed by atoms with Gasteiger partial charge in [-0.1, -0.05) is 18.2 Å². The largest absolute Gasteiger partial charge is 0.478 e. The molecule has 60 valence electrons. The van der Waals surface area contributed by atoms with E-state index in [0.29, 0.717) is 0 Å². The summed E-state index contributed by atoms with van der Waals surface area (Å²) in [5.41, 5.74) is -0.514. The van der Waals surface area contributed by atoms with Crippen LogP contribution in [0.4, 0.5) is 0 Å². The second kappa shape index (κ2) is 3.28. The summed E-state index contributed by atoms with van der Waals surface area (Å²) in [6.45, 7) is 0. The minimum absolute atomic E-state index is 0.408. The lowest BCUT2D eigenvalue weighted by Crippen LogP contribution is -2.22. The average Bonchev–Trinajstić information content (AvgIpc) is 2.00. The van der Waals surface area contributed by atoms with Gasteiger partial charge in [0.05, 0.1) is 20.4 Å². The van der Waals surface area contributed by atoms with E-state index in [2.05, 4.69) is 0 Å². The second-order valence-corrected chi connectivity index (χ2v) is 2.58. The zero-order valence-electron chi connectivity index (χ0n) is 8.27.